The van der Waals surface area contributed by atoms with Crippen molar-refractivity contribution >= 4 is 33.6 Å². The van der Waals surface area contributed by atoms with Gasteiger partial charge in [0.25, 0.3) is 5.69 Å². The van der Waals surface area contributed by atoms with Crippen LogP contribution in [0.2, 0.25) is 0 Å². The van der Waals surface area contributed by atoms with Crippen LogP contribution >= 0.6 is 0 Å². The Morgan fingerprint density at radius 2 is 1.74 bits per heavy atom. The first kappa shape index (κ1) is 21.6. The van der Waals surface area contributed by atoms with Gasteiger partial charge in [-0.15, -0.1) is 0 Å². The first-order chi connectivity index (χ1) is 14.7. The molecule has 0 spiro atoms. The van der Waals surface area contributed by atoms with Crippen molar-refractivity contribution in [3.05, 3.63) is 94.0 Å². The SMILES string of the molecule is NS(=O)(=O)c1ccc(N/N=C/c2ccc(OC(=O)c3cccc([N+](=O)[O-])c3)cc2)cc1. The standard InChI is InChI=1S/C20H16N4O6S/c21-31(28,29)19-10-6-16(7-11-19)23-22-13-14-4-8-18(9-5-14)30-20(25)15-2-1-3-17(12-15)24(26)27/h1-13,23H,(H2,21,28,29)/b22-13+. The maximum absolute atomic E-state index is 12.2. The number of carbonyl (C=O) groups is 1. The minimum absolute atomic E-state index is 0.00252. The highest BCUT2D eigenvalue weighted by Gasteiger charge is 2.13. The lowest BCUT2D eigenvalue weighted by molar-refractivity contribution is -0.384. The molecule has 0 aliphatic rings. The molecule has 0 radical (unpaired) electrons. The van der Waals surface area contributed by atoms with E-state index in [4.69, 9.17) is 9.88 Å². The van der Waals surface area contributed by atoms with E-state index in [0.29, 0.717) is 11.3 Å². The van der Waals surface area contributed by atoms with Gasteiger partial charge >= 0.3 is 5.97 Å². The Morgan fingerprint density at radius 3 is 2.35 bits per heavy atom. The Hall–Kier alpha value is -4.09. The summed E-state index contributed by atoms with van der Waals surface area (Å²) in [6.07, 6.45) is 1.51. The molecule has 3 N–H and O–H groups in total. The number of hydrogen-bond acceptors (Lipinski definition) is 8. The van der Waals surface area contributed by atoms with Crippen LogP contribution in [0.5, 0.6) is 5.75 Å². The predicted molar refractivity (Wildman–Crippen MR) is 114 cm³/mol. The molecule has 0 aliphatic heterocycles. The highest BCUT2D eigenvalue weighted by molar-refractivity contribution is 7.89. The molecular weight excluding hydrogens is 424 g/mol. The van der Waals surface area contributed by atoms with E-state index in [1.54, 1.807) is 24.3 Å². The molecule has 158 valence electrons. The van der Waals surface area contributed by atoms with Crippen LogP contribution < -0.4 is 15.3 Å². The highest BCUT2D eigenvalue weighted by Crippen LogP contribution is 2.17. The van der Waals surface area contributed by atoms with Crippen molar-refractivity contribution in [2.45, 2.75) is 4.90 Å². The number of sulfonamides is 1. The maximum atomic E-state index is 12.2. The van der Waals surface area contributed by atoms with Crippen LogP contribution in [-0.4, -0.2) is 25.5 Å². The quantitative estimate of drug-likeness (QED) is 0.188. The number of rotatable bonds is 7. The number of non-ortho nitro benzene ring substituents is 1. The van der Waals surface area contributed by atoms with Gasteiger partial charge in [0.15, 0.2) is 0 Å². The summed E-state index contributed by atoms with van der Waals surface area (Å²) in [5, 5.41) is 19.9. The zero-order chi connectivity index (χ0) is 22.4. The fraction of sp³-hybridized carbons (Fsp3) is 0. The van der Waals surface area contributed by atoms with Crippen LogP contribution in [0.4, 0.5) is 11.4 Å². The van der Waals surface area contributed by atoms with Gasteiger partial charge in [-0.3, -0.25) is 15.5 Å². The first-order valence-electron chi connectivity index (χ1n) is 8.71. The second-order valence-corrected chi connectivity index (χ2v) is 7.77. The smallest absolute Gasteiger partial charge is 0.343 e. The molecule has 0 amide bonds. The van der Waals surface area contributed by atoms with E-state index in [1.165, 1.54) is 48.7 Å². The Balaban J connectivity index is 1.59. The van der Waals surface area contributed by atoms with Crippen LogP contribution in [-0.2, 0) is 10.0 Å². The van der Waals surface area contributed by atoms with E-state index < -0.39 is 20.9 Å². The molecule has 0 atom stereocenters. The second kappa shape index (κ2) is 9.15. The molecule has 0 saturated heterocycles. The summed E-state index contributed by atoms with van der Waals surface area (Å²) in [6.45, 7) is 0. The third-order valence-corrected chi connectivity index (χ3v) is 4.90. The minimum Gasteiger partial charge on any atom is -0.423 e. The number of anilines is 1. The minimum atomic E-state index is -3.75. The second-order valence-electron chi connectivity index (χ2n) is 6.21. The van der Waals surface area contributed by atoms with Gasteiger partial charge < -0.3 is 4.74 Å². The van der Waals surface area contributed by atoms with E-state index in [9.17, 15) is 23.3 Å². The lowest BCUT2D eigenvalue weighted by Gasteiger charge is -2.05. The Labute approximate surface area is 177 Å². The molecule has 3 rings (SSSR count). The van der Waals surface area contributed by atoms with Gasteiger partial charge in [0.05, 0.1) is 27.3 Å². The van der Waals surface area contributed by atoms with Gasteiger partial charge in [-0.05, 0) is 60.2 Å². The van der Waals surface area contributed by atoms with Crippen LogP contribution in [0.15, 0.2) is 82.8 Å². The summed E-state index contributed by atoms with van der Waals surface area (Å²) in [5.74, 6) is -0.449. The number of nitro groups is 1. The van der Waals surface area contributed by atoms with Gasteiger partial charge in [-0.25, -0.2) is 18.4 Å². The topological polar surface area (TPSA) is 154 Å². The average Bonchev–Trinajstić information content (AvgIpc) is 2.75. The van der Waals surface area contributed by atoms with Crippen molar-refractivity contribution in [2.24, 2.45) is 10.2 Å². The molecule has 0 saturated carbocycles. The molecule has 31 heavy (non-hydrogen) atoms. The number of nitrogens with one attached hydrogen (secondary N) is 1. The molecule has 0 unspecified atom stereocenters. The Kier molecular flexibility index (Phi) is 6.38. The summed E-state index contributed by atoms with van der Waals surface area (Å²) in [5.41, 5.74) is 3.87. The zero-order valence-corrected chi connectivity index (χ0v) is 16.7. The fourth-order valence-electron chi connectivity index (χ4n) is 2.43. The van der Waals surface area contributed by atoms with Gasteiger partial charge in [0.2, 0.25) is 10.0 Å². The van der Waals surface area contributed by atoms with Crippen molar-refractivity contribution in [2.75, 3.05) is 5.43 Å². The maximum Gasteiger partial charge on any atom is 0.343 e. The number of nitrogens with zero attached hydrogens (tertiary/aromatic N) is 2. The Morgan fingerprint density at radius 1 is 1.06 bits per heavy atom. The third-order valence-electron chi connectivity index (χ3n) is 3.97. The fourth-order valence-corrected chi connectivity index (χ4v) is 2.95. The summed E-state index contributed by atoms with van der Waals surface area (Å²) >= 11 is 0. The zero-order valence-electron chi connectivity index (χ0n) is 15.8. The molecular formula is C20H16N4O6S. The largest absolute Gasteiger partial charge is 0.423 e. The van der Waals surface area contributed by atoms with Crippen molar-refractivity contribution < 1.29 is 22.9 Å². The number of nitro benzene ring substituents is 1. The van der Waals surface area contributed by atoms with E-state index in [-0.39, 0.29) is 21.9 Å². The van der Waals surface area contributed by atoms with Gasteiger partial charge in [-0.2, -0.15) is 5.10 Å². The van der Waals surface area contributed by atoms with Crippen LogP contribution in [0.1, 0.15) is 15.9 Å². The van der Waals surface area contributed by atoms with Crippen molar-refractivity contribution in [1.29, 1.82) is 0 Å². The number of hydrazone groups is 1. The van der Waals surface area contributed by atoms with E-state index in [0.717, 1.165) is 6.07 Å². The third kappa shape index (κ3) is 5.95. The van der Waals surface area contributed by atoms with Crippen molar-refractivity contribution in [1.82, 2.24) is 0 Å². The molecule has 10 nitrogen and oxygen atoms in total. The van der Waals surface area contributed by atoms with Crippen molar-refractivity contribution in [3.8, 4) is 5.75 Å². The molecule has 0 aromatic heterocycles. The molecule has 0 bridgehead atoms. The van der Waals surface area contributed by atoms with Crippen LogP contribution in [0, 0.1) is 10.1 Å². The monoisotopic (exact) mass is 440 g/mol. The number of esters is 1. The average molecular weight is 440 g/mol. The summed E-state index contributed by atoms with van der Waals surface area (Å²) in [6, 6.07) is 17.4. The molecule has 3 aromatic rings. The predicted octanol–water partition coefficient (Wildman–Crippen LogP) is 2.91. The number of hydrogen-bond donors (Lipinski definition) is 2. The van der Waals surface area contributed by atoms with Crippen molar-refractivity contribution in [3.63, 3.8) is 0 Å². The van der Waals surface area contributed by atoms with Gasteiger partial charge in [-0.1, -0.05) is 6.07 Å². The molecule has 0 heterocycles. The van der Waals surface area contributed by atoms with Crippen LogP contribution in [0.25, 0.3) is 0 Å². The summed E-state index contributed by atoms with van der Waals surface area (Å²) < 4.78 is 27.7. The summed E-state index contributed by atoms with van der Waals surface area (Å²) in [7, 11) is -3.75. The number of nitrogens with two attached hydrogens (primary N) is 1. The van der Waals surface area contributed by atoms with Crippen LogP contribution in [0.3, 0.4) is 0 Å². The number of ether oxygens (including phenoxy) is 1. The number of benzene rings is 3. The lowest BCUT2D eigenvalue weighted by atomic mass is 10.2. The number of carbonyl (C=O) groups excluding carboxylic acids is 1. The Bertz CT molecular complexity index is 1240. The highest BCUT2D eigenvalue weighted by atomic mass is 32.2. The van der Waals surface area contributed by atoms with E-state index in [2.05, 4.69) is 10.5 Å². The summed E-state index contributed by atoms with van der Waals surface area (Å²) in [4.78, 5) is 22.4. The molecule has 11 heteroatoms. The molecule has 3 aromatic carbocycles. The molecule has 0 aliphatic carbocycles. The molecule has 0 fully saturated rings. The lowest BCUT2D eigenvalue weighted by Crippen LogP contribution is -2.11. The van der Waals surface area contributed by atoms with Gasteiger partial charge in [0.1, 0.15) is 5.75 Å². The first-order valence-corrected chi connectivity index (χ1v) is 10.3. The number of primary sulfonamides is 1. The normalized spacial score (nSPS) is 11.3. The van der Waals surface area contributed by atoms with E-state index in [1.807, 2.05) is 0 Å². The van der Waals surface area contributed by atoms with E-state index >= 15 is 0 Å². The van der Waals surface area contributed by atoms with Gasteiger partial charge in [0, 0.05) is 12.1 Å².